The second kappa shape index (κ2) is 13.9. The lowest BCUT2D eigenvalue weighted by molar-refractivity contribution is -0.121. The predicted octanol–water partition coefficient (Wildman–Crippen LogP) is 5.36. The third-order valence-electron chi connectivity index (χ3n) is 5.07. The average Bonchev–Trinajstić information content (AvgIpc) is 2.89. The summed E-state index contributed by atoms with van der Waals surface area (Å²) in [4.78, 5) is 24.5. The zero-order valence-electron chi connectivity index (χ0n) is 20.1. The van der Waals surface area contributed by atoms with E-state index in [1.165, 1.54) is 6.21 Å². The van der Waals surface area contributed by atoms with Crippen LogP contribution in [-0.4, -0.2) is 31.9 Å². The molecular formula is C27H28BrN3O5. The van der Waals surface area contributed by atoms with Crippen LogP contribution >= 0.6 is 15.9 Å². The molecule has 3 aromatic rings. The lowest BCUT2D eigenvalue weighted by atomic mass is 10.0. The first kappa shape index (κ1) is 26.7. The third kappa shape index (κ3) is 8.13. The van der Waals surface area contributed by atoms with Crippen molar-refractivity contribution in [2.24, 2.45) is 5.10 Å². The molecule has 0 aromatic heterocycles. The first-order chi connectivity index (χ1) is 17.5. The molecular weight excluding hydrogens is 526 g/mol. The molecule has 0 fully saturated rings. The quantitative estimate of drug-likeness (QED) is 0.246. The summed E-state index contributed by atoms with van der Waals surface area (Å²) < 4.78 is 17.1. The topological polar surface area (TPSA) is 98.2 Å². The molecule has 2 amide bonds. The normalized spacial score (nSPS) is 11.5. The summed E-state index contributed by atoms with van der Waals surface area (Å²) >= 11 is 3.52. The number of hydrogen-bond donors (Lipinski definition) is 2. The highest BCUT2D eigenvalue weighted by molar-refractivity contribution is 9.10. The van der Waals surface area contributed by atoms with Gasteiger partial charge in [0.05, 0.1) is 32.4 Å². The highest BCUT2D eigenvalue weighted by Crippen LogP contribution is 2.33. The van der Waals surface area contributed by atoms with Crippen LogP contribution in [0.3, 0.4) is 0 Å². The molecule has 0 saturated heterocycles. The minimum atomic E-state index is -0.590. The summed E-state index contributed by atoms with van der Waals surface area (Å²) in [6.45, 7) is 2.35. The number of hydrogen-bond acceptors (Lipinski definition) is 6. The SMILES string of the molecule is CCOC(=O)N[C@H](CC(=O)N/N=C\c1cc(OC)c(OCc2ccccc2)cc1Br)c1ccccc1. The van der Waals surface area contributed by atoms with Crippen LogP contribution in [0.15, 0.2) is 82.4 Å². The molecule has 36 heavy (non-hydrogen) atoms. The first-order valence-corrected chi connectivity index (χ1v) is 12.1. The molecule has 8 nitrogen and oxygen atoms in total. The Labute approximate surface area is 218 Å². The molecule has 0 aliphatic heterocycles. The minimum Gasteiger partial charge on any atom is -0.493 e. The molecule has 0 aliphatic carbocycles. The number of amides is 2. The van der Waals surface area contributed by atoms with Crippen molar-refractivity contribution in [3.63, 3.8) is 0 Å². The number of nitrogens with zero attached hydrogens (tertiary/aromatic N) is 1. The van der Waals surface area contributed by atoms with Gasteiger partial charge >= 0.3 is 6.09 Å². The molecule has 0 aliphatic rings. The van der Waals surface area contributed by atoms with E-state index in [-0.39, 0.29) is 18.9 Å². The monoisotopic (exact) mass is 553 g/mol. The number of rotatable bonds is 11. The number of halogens is 1. The number of carbonyl (C=O) groups is 2. The Bertz CT molecular complexity index is 1170. The number of hydrazone groups is 1. The maximum Gasteiger partial charge on any atom is 0.407 e. The van der Waals surface area contributed by atoms with Crippen molar-refractivity contribution in [1.82, 2.24) is 10.7 Å². The van der Waals surface area contributed by atoms with Gasteiger partial charge in [0.1, 0.15) is 6.61 Å². The molecule has 188 valence electrons. The Morgan fingerprint density at radius 2 is 1.72 bits per heavy atom. The Morgan fingerprint density at radius 3 is 2.39 bits per heavy atom. The van der Waals surface area contributed by atoms with E-state index < -0.39 is 12.1 Å². The van der Waals surface area contributed by atoms with Crippen molar-refractivity contribution >= 4 is 34.1 Å². The zero-order valence-corrected chi connectivity index (χ0v) is 21.7. The smallest absolute Gasteiger partial charge is 0.407 e. The molecule has 2 N–H and O–H groups in total. The molecule has 3 aromatic carbocycles. The maximum absolute atomic E-state index is 12.6. The number of methoxy groups -OCH3 is 1. The summed E-state index contributed by atoms with van der Waals surface area (Å²) in [7, 11) is 1.56. The molecule has 0 bridgehead atoms. The van der Waals surface area contributed by atoms with E-state index in [0.29, 0.717) is 23.7 Å². The fourth-order valence-electron chi connectivity index (χ4n) is 3.31. The van der Waals surface area contributed by atoms with Gasteiger partial charge in [-0.25, -0.2) is 10.2 Å². The van der Waals surface area contributed by atoms with E-state index in [1.54, 1.807) is 26.2 Å². The predicted molar refractivity (Wildman–Crippen MR) is 141 cm³/mol. The van der Waals surface area contributed by atoms with Crippen LogP contribution in [-0.2, 0) is 16.1 Å². The Balaban J connectivity index is 1.63. The minimum absolute atomic E-state index is 0.0169. The van der Waals surface area contributed by atoms with Crippen LogP contribution in [0.5, 0.6) is 11.5 Å². The standard InChI is InChI=1S/C27H28BrN3O5/c1-3-35-27(33)30-23(20-12-8-5-9-13-20)16-26(32)31-29-17-21-14-24(34-2)25(15-22(21)28)36-18-19-10-6-4-7-11-19/h4-15,17,23H,3,16,18H2,1-2H3,(H,30,33)(H,31,32)/b29-17-/t23-/m1/s1. The van der Waals surface area contributed by atoms with Gasteiger partial charge < -0.3 is 19.5 Å². The first-order valence-electron chi connectivity index (χ1n) is 11.3. The number of alkyl carbamates (subject to hydrolysis) is 1. The third-order valence-corrected chi connectivity index (χ3v) is 5.76. The number of benzene rings is 3. The van der Waals surface area contributed by atoms with Crippen LogP contribution in [0.2, 0.25) is 0 Å². The Hall–Kier alpha value is -3.85. The second-order valence-electron chi connectivity index (χ2n) is 7.62. The van der Waals surface area contributed by atoms with Gasteiger partial charge in [0.15, 0.2) is 11.5 Å². The van der Waals surface area contributed by atoms with Crippen LogP contribution in [0.4, 0.5) is 4.79 Å². The number of ether oxygens (including phenoxy) is 3. The van der Waals surface area contributed by atoms with Crippen LogP contribution in [0.25, 0.3) is 0 Å². The van der Waals surface area contributed by atoms with Crippen LogP contribution in [0, 0.1) is 0 Å². The Kier molecular flexibility index (Phi) is 10.3. The van der Waals surface area contributed by atoms with Gasteiger partial charge in [0, 0.05) is 10.0 Å². The molecule has 0 saturated carbocycles. The van der Waals surface area contributed by atoms with Crippen molar-refractivity contribution in [2.45, 2.75) is 26.0 Å². The van der Waals surface area contributed by atoms with Crippen LogP contribution in [0.1, 0.15) is 36.1 Å². The van der Waals surface area contributed by atoms with Gasteiger partial charge in [0.25, 0.3) is 0 Å². The summed E-state index contributed by atoms with van der Waals surface area (Å²) in [5.41, 5.74) is 5.01. The van der Waals surface area contributed by atoms with Crippen molar-refractivity contribution in [1.29, 1.82) is 0 Å². The van der Waals surface area contributed by atoms with Gasteiger partial charge in [0.2, 0.25) is 5.91 Å². The van der Waals surface area contributed by atoms with Crippen molar-refractivity contribution < 1.29 is 23.8 Å². The van der Waals surface area contributed by atoms with Gasteiger partial charge in [-0.2, -0.15) is 5.10 Å². The zero-order chi connectivity index (χ0) is 25.8. The van der Waals surface area contributed by atoms with Crippen molar-refractivity contribution in [2.75, 3.05) is 13.7 Å². The number of carbonyl (C=O) groups excluding carboxylic acids is 2. The highest BCUT2D eigenvalue weighted by atomic mass is 79.9. The summed E-state index contributed by atoms with van der Waals surface area (Å²) in [6, 6.07) is 22.0. The lowest BCUT2D eigenvalue weighted by Crippen LogP contribution is -2.33. The molecule has 1 atom stereocenters. The fraction of sp³-hybridized carbons (Fsp3) is 0.222. The lowest BCUT2D eigenvalue weighted by Gasteiger charge is -2.18. The Morgan fingerprint density at radius 1 is 1.03 bits per heavy atom. The highest BCUT2D eigenvalue weighted by Gasteiger charge is 2.19. The van der Waals surface area contributed by atoms with E-state index in [4.69, 9.17) is 14.2 Å². The number of nitrogens with one attached hydrogen (secondary N) is 2. The second-order valence-corrected chi connectivity index (χ2v) is 8.48. The van der Waals surface area contributed by atoms with Gasteiger partial charge in [-0.15, -0.1) is 0 Å². The summed E-state index contributed by atoms with van der Waals surface area (Å²) in [5, 5.41) is 6.78. The van der Waals surface area contributed by atoms with E-state index in [1.807, 2.05) is 60.7 Å². The van der Waals surface area contributed by atoms with E-state index in [9.17, 15) is 9.59 Å². The van der Waals surface area contributed by atoms with Gasteiger partial charge in [-0.3, -0.25) is 4.79 Å². The van der Waals surface area contributed by atoms with Gasteiger partial charge in [-0.1, -0.05) is 60.7 Å². The molecule has 0 spiro atoms. The fourth-order valence-corrected chi connectivity index (χ4v) is 3.74. The van der Waals surface area contributed by atoms with E-state index in [0.717, 1.165) is 15.6 Å². The molecule has 3 rings (SSSR count). The van der Waals surface area contributed by atoms with Crippen LogP contribution < -0.4 is 20.2 Å². The van der Waals surface area contributed by atoms with Crippen molar-refractivity contribution in [3.05, 3.63) is 94.0 Å². The average molecular weight is 554 g/mol. The summed E-state index contributed by atoms with van der Waals surface area (Å²) in [6.07, 6.45) is 0.895. The van der Waals surface area contributed by atoms with Crippen molar-refractivity contribution in [3.8, 4) is 11.5 Å². The largest absolute Gasteiger partial charge is 0.493 e. The van der Waals surface area contributed by atoms with E-state index in [2.05, 4.69) is 31.8 Å². The van der Waals surface area contributed by atoms with E-state index >= 15 is 0 Å². The molecule has 0 radical (unpaired) electrons. The molecule has 0 heterocycles. The molecule has 0 unspecified atom stereocenters. The maximum atomic E-state index is 12.6. The van der Waals surface area contributed by atoms with Gasteiger partial charge in [-0.05, 0) is 46.1 Å². The molecule has 9 heteroatoms. The summed E-state index contributed by atoms with van der Waals surface area (Å²) in [5.74, 6) is 0.734.